The minimum Gasteiger partial charge on any atom is -0.496 e. The molecule has 0 atom stereocenters. The lowest BCUT2D eigenvalue weighted by atomic mass is 10.1. The van der Waals surface area contributed by atoms with Crippen LogP contribution in [0.25, 0.3) is 0 Å². The molecule has 2 aromatic carbocycles. The van der Waals surface area contributed by atoms with E-state index in [9.17, 15) is 13.2 Å². The molecule has 0 radical (unpaired) electrons. The van der Waals surface area contributed by atoms with E-state index in [-0.39, 0.29) is 17.2 Å². The van der Waals surface area contributed by atoms with E-state index in [1.165, 1.54) is 12.1 Å². The van der Waals surface area contributed by atoms with E-state index < -0.39 is 10.0 Å². The summed E-state index contributed by atoms with van der Waals surface area (Å²) in [6.45, 7) is 2.42. The molecule has 134 valence electrons. The highest BCUT2D eigenvalue weighted by Crippen LogP contribution is 2.20. The molecular weight excluding hydrogens is 340 g/mol. The van der Waals surface area contributed by atoms with Crippen molar-refractivity contribution in [2.24, 2.45) is 5.14 Å². The minimum atomic E-state index is -3.68. The van der Waals surface area contributed by atoms with Crippen LogP contribution in [0.4, 0.5) is 0 Å². The van der Waals surface area contributed by atoms with Crippen LogP contribution < -0.4 is 15.2 Å². The number of nitrogens with one attached hydrogen (secondary N) is 1. The van der Waals surface area contributed by atoms with Crippen molar-refractivity contribution < 1.29 is 17.9 Å². The number of benzene rings is 2. The first-order valence-electron chi connectivity index (χ1n) is 7.81. The molecule has 0 spiro atoms. The second kappa shape index (κ2) is 8.13. The van der Waals surface area contributed by atoms with Crippen LogP contribution in [0.5, 0.6) is 5.75 Å². The second-order valence-electron chi connectivity index (χ2n) is 5.78. The molecule has 25 heavy (non-hydrogen) atoms. The van der Waals surface area contributed by atoms with E-state index in [0.29, 0.717) is 18.7 Å². The van der Waals surface area contributed by atoms with Gasteiger partial charge in [0.25, 0.3) is 0 Å². The molecule has 0 aliphatic rings. The molecule has 0 fully saturated rings. The molecule has 0 aromatic heterocycles. The van der Waals surface area contributed by atoms with Crippen molar-refractivity contribution in [1.29, 1.82) is 0 Å². The summed E-state index contributed by atoms with van der Waals surface area (Å²) < 4.78 is 27.7. The third-order valence-electron chi connectivity index (χ3n) is 3.77. The Morgan fingerprint density at radius 2 is 1.84 bits per heavy atom. The molecule has 2 aromatic rings. The summed E-state index contributed by atoms with van der Waals surface area (Å²) in [5, 5.41) is 7.92. The van der Waals surface area contributed by atoms with Crippen LogP contribution in [0.15, 0.2) is 47.4 Å². The zero-order valence-electron chi connectivity index (χ0n) is 14.3. The number of methoxy groups -OCH3 is 1. The van der Waals surface area contributed by atoms with Gasteiger partial charge in [-0.3, -0.25) is 4.79 Å². The number of hydrogen-bond donors (Lipinski definition) is 2. The maximum atomic E-state index is 12.1. The molecule has 0 saturated heterocycles. The highest BCUT2D eigenvalue weighted by molar-refractivity contribution is 7.89. The van der Waals surface area contributed by atoms with E-state index in [1.54, 1.807) is 19.2 Å². The zero-order chi connectivity index (χ0) is 18.4. The number of rotatable bonds is 7. The van der Waals surface area contributed by atoms with Gasteiger partial charge in [-0.25, -0.2) is 13.6 Å². The average Bonchev–Trinajstić information content (AvgIpc) is 2.55. The third-order valence-corrected chi connectivity index (χ3v) is 4.70. The van der Waals surface area contributed by atoms with Gasteiger partial charge < -0.3 is 10.1 Å². The van der Waals surface area contributed by atoms with Crippen molar-refractivity contribution in [3.05, 3.63) is 59.2 Å². The zero-order valence-corrected chi connectivity index (χ0v) is 15.1. The van der Waals surface area contributed by atoms with Gasteiger partial charge in [0.1, 0.15) is 5.75 Å². The van der Waals surface area contributed by atoms with Gasteiger partial charge in [0.15, 0.2) is 0 Å². The number of carbonyl (C=O) groups excluding carboxylic acids is 1. The summed E-state index contributed by atoms with van der Waals surface area (Å²) in [5.41, 5.74) is 2.83. The van der Waals surface area contributed by atoms with E-state index in [4.69, 9.17) is 9.88 Å². The Balaban J connectivity index is 1.88. The molecule has 7 heteroatoms. The predicted molar refractivity (Wildman–Crippen MR) is 96.0 cm³/mol. The Morgan fingerprint density at radius 3 is 2.44 bits per heavy atom. The van der Waals surface area contributed by atoms with Crippen LogP contribution in [0.1, 0.15) is 16.7 Å². The first-order chi connectivity index (χ1) is 11.8. The van der Waals surface area contributed by atoms with Crippen molar-refractivity contribution >= 4 is 15.9 Å². The fourth-order valence-electron chi connectivity index (χ4n) is 2.47. The third kappa shape index (κ3) is 5.58. The number of nitrogens with two attached hydrogens (primary N) is 1. The number of aryl methyl sites for hydroxylation is 1. The van der Waals surface area contributed by atoms with E-state index in [1.807, 2.05) is 25.1 Å². The lowest BCUT2D eigenvalue weighted by Gasteiger charge is -2.10. The summed E-state index contributed by atoms with van der Waals surface area (Å²) in [6.07, 6.45) is 0.844. The predicted octanol–water partition coefficient (Wildman–Crippen LogP) is 1.55. The molecule has 0 aliphatic heterocycles. The minimum absolute atomic E-state index is 0.0758. The van der Waals surface area contributed by atoms with Gasteiger partial charge in [-0.05, 0) is 37.1 Å². The standard InChI is InChI=1S/C18H22N2O4S/c1-13-3-8-17(24-2)15(11-13)12-18(21)20-10-9-14-4-6-16(7-5-14)25(19,22)23/h3-8,11H,9-10,12H2,1-2H3,(H,20,21)(H2,19,22,23). The van der Waals surface area contributed by atoms with Gasteiger partial charge >= 0.3 is 0 Å². The smallest absolute Gasteiger partial charge is 0.238 e. The van der Waals surface area contributed by atoms with Crippen LogP contribution in [0.2, 0.25) is 0 Å². The summed E-state index contributed by atoms with van der Waals surface area (Å²) in [6, 6.07) is 12.0. The van der Waals surface area contributed by atoms with Crippen molar-refractivity contribution in [3.63, 3.8) is 0 Å². The summed E-state index contributed by atoms with van der Waals surface area (Å²) in [4.78, 5) is 12.2. The largest absolute Gasteiger partial charge is 0.496 e. The number of primary sulfonamides is 1. The van der Waals surface area contributed by atoms with E-state index in [2.05, 4.69) is 5.32 Å². The van der Waals surface area contributed by atoms with Gasteiger partial charge in [-0.1, -0.05) is 29.8 Å². The SMILES string of the molecule is COc1ccc(C)cc1CC(=O)NCCc1ccc(S(N)(=O)=O)cc1. The number of ether oxygens (including phenoxy) is 1. The van der Waals surface area contributed by atoms with E-state index in [0.717, 1.165) is 16.7 Å². The Morgan fingerprint density at radius 1 is 1.16 bits per heavy atom. The van der Waals surface area contributed by atoms with Crippen LogP contribution in [-0.4, -0.2) is 28.0 Å². The van der Waals surface area contributed by atoms with Gasteiger partial charge in [0, 0.05) is 12.1 Å². The first kappa shape index (κ1) is 19.0. The first-order valence-corrected chi connectivity index (χ1v) is 9.36. The summed E-state index contributed by atoms with van der Waals surface area (Å²) in [5.74, 6) is 0.601. The fraction of sp³-hybridized carbons (Fsp3) is 0.278. The number of hydrogen-bond acceptors (Lipinski definition) is 4. The number of carbonyl (C=O) groups is 1. The highest BCUT2D eigenvalue weighted by atomic mass is 32.2. The molecule has 0 aliphatic carbocycles. The molecule has 6 nitrogen and oxygen atoms in total. The molecule has 3 N–H and O–H groups in total. The van der Waals surface area contributed by atoms with Crippen LogP contribution in [0, 0.1) is 6.92 Å². The van der Waals surface area contributed by atoms with E-state index >= 15 is 0 Å². The lowest BCUT2D eigenvalue weighted by Crippen LogP contribution is -2.27. The van der Waals surface area contributed by atoms with Crippen molar-refractivity contribution in [3.8, 4) is 5.75 Å². The lowest BCUT2D eigenvalue weighted by molar-refractivity contribution is -0.120. The van der Waals surface area contributed by atoms with Crippen molar-refractivity contribution in [1.82, 2.24) is 5.32 Å². The van der Waals surface area contributed by atoms with Crippen LogP contribution >= 0.6 is 0 Å². The van der Waals surface area contributed by atoms with Crippen LogP contribution in [-0.2, 0) is 27.7 Å². The van der Waals surface area contributed by atoms with Crippen LogP contribution in [0.3, 0.4) is 0 Å². The van der Waals surface area contributed by atoms with Gasteiger partial charge in [-0.15, -0.1) is 0 Å². The van der Waals surface area contributed by atoms with Crippen molar-refractivity contribution in [2.75, 3.05) is 13.7 Å². The van der Waals surface area contributed by atoms with Crippen molar-refractivity contribution in [2.45, 2.75) is 24.7 Å². The monoisotopic (exact) mass is 362 g/mol. The summed E-state index contributed by atoms with van der Waals surface area (Å²) >= 11 is 0. The maximum Gasteiger partial charge on any atom is 0.238 e. The molecule has 0 heterocycles. The Bertz CT molecular complexity index is 846. The fourth-order valence-corrected chi connectivity index (χ4v) is 2.99. The van der Waals surface area contributed by atoms with Gasteiger partial charge in [0.05, 0.1) is 18.4 Å². The molecular formula is C18H22N2O4S. The Kier molecular flexibility index (Phi) is 6.17. The number of amides is 1. The quantitative estimate of drug-likeness (QED) is 0.781. The highest BCUT2D eigenvalue weighted by Gasteiger charge is 2.09. The number of sulfonamides is 1. The Hall–Kier alpha value is -2.38. The molecule has 1 amide bonds. The normalized spacial score (nSPS) is 11.2. The Labute approximate surface area is 148 Å². The molecule has 0 bridgehead atoms. The second-order valence-corrected chi connectivity index (χ2v) is 7.34. The topological polar surface area (TPSA) is 98.5 Å². The van der Waals surface area contributed by atoms with Gasteiger partial charge in [0.2, 0.25) is 15.9 Å². The molecule has 0 unspecified atom stereocenters. The molecule has 0 saturated carbocycles. The average molecular weight is 362 g/mol. The van der Waals surface area contributed by atoms with Gasteiger partial charge in [-0.2, -0.15) is 0 Å². The molecule has 2 rings (SSSR count). The summed E-state index contributed by atoms with van der Waals surface area (Å²) in [7, 11) is -2.10. The maximum absolute atomic E-state index is 12.1.